The highest BCUT2D eigenvalue weighted by atomic mass is 16.5. The maximum absolute atomic E-state index is 11.5. The summed E-state index contributed by atoms with van der Waals surface area (Å²) in [5, 5.41) is 11.5. The largest absolute Gasteiger partial charge is 0.490 e. The fraction of sp³-hybridized carbons (Fsp3) is 0.538. The van der Waals surface area contributed by atoms with E-state index in [9.17, 15) is 5.11 Å². The third-order valence-corrected chi connectivity index (χ3v) is 3.69. The molecule has 2 saturated carbocycles. The minimum atomic E-state index is -0.322. The van der Waals surface area contributed by atoms with E-state index in [2.05, 4.69) is 6.07 Å². The Morgan fingerprint density at radius 2 is 2.20 bits per heavy atom. The van der Waals surface area contributed by atoms with Gasteiger partial charge in [0, 0.05) is 0 Å². The Morgan fingerprint density at radius 1 is 1.27 bits per heavy atom. The molecule has 0 aliphatic heterocycles. The zero-order valence-corrected chi connectivity index (χ0v) is 8.56. The fourth-order valence-electron chi connectivity index (χ4n) is 2.94. The summed E-state index contributed by atoms with van der Waals surface area (Å²) in [6.45, 7) is 0. The zero-order valence-electron chi connectivity index (χ0n) is 8.56. The maximum Gasteiger partial charge on any atom is 0.120 e. The Labute approximate surface area is 89.9 Å². The molecule has 0 aromatic heterocycles. The summed E-state index contributed by atoms with van der Waals surface area (Å²) < 4.78 is 5.89. The number of benzene rings is 1. The molecule has 4 unspecified atom stereocenters. The molecule has 2 aliphatic rings. The van der Waals surface area contributed by atoms with Crippen molar-refractivity contribution in [1.82, 2.24) is 0 Å². The van der Waals surface area contributed by atoms with Crippen LogP contribution in [0.3, 0.4) is 0 Å². The Balaban J connectivity index is 1.67. The lowest BCUT2D eigenvalue weighted by Crippen LogP contribution is -2.28. The van der Waals surface area contributed by atoms with E-state index >= 15 is 0 Å². The van der Waals surface area contributed by atoms with Gasteiger partial charge in [-0.1, -0.05) is 12.1 Å². The summed E-state index contributed by atoms with van der Waals surface area (Å²) in [5.74, 6) is 1.75. The van der Waals surface area contributed by atoms with Gasteiger partial charge in [-0.3, -0.25) is 0 Å². The molecule has 1 aromatic rings. The smallest absolute Gasteiger partial charge is 0.120 e. The monoisotopic (exact) mass is 202 g/mol. The Morgan fingerprint density at radius 3 is 2.80 bits per heavy atom. The molecule has 0 heterocycles. The summed E-state index contributed by atoms with van der Waals surface area (Å²) >= 11 is 0. The van der Waals surface area contributed by atoms with Gasteiger partial charge in [0.15, 0.2) is 0 Å². The van der Waals surface area contributed by atoms with Gasteiger partial charge in [0.1, 0.15) is 11.9 Å². The van der Waals surface area contributed by atoms with Crippen LogP contribution in [0, 0.1) is 17.9 Å². The second-order valence-corrected chi connectivity index (χ2v) is 4.66. The highest BCUT2D eigenvalue weighted by Crippen LogP contribution is 2.46. The van der Waals surface area contributed by atoms with Gasteiger partial charge < -0.3 is 4.74 Å². The van der Waals surface area contributed by atoms with Crippen LogP contribution in [-0.2, 0) is 5.11 Å². The molecule has 0 saturated heterocycles. The predicted molar refractivity (Wildman–Crippen MR) is 55.0 cm³/mol. The van der Waals surface area contributed by atoms with E-state index in [-0.39, 0.29) is 12.2 Å². The Hall–Kier alpha value is -1.02. The molecule has 2 heteroatoms. The first-order valence-electron chi connectivity index (χ1n) is 5.61. The molecule has 2 bridgehead atoms. The van der Waals surface area contributed by atoms with Gasteiger partial charge in [-0.05, 0) is 49.3 Å². The van der Waals surface area contributed by atoms with E-state index in [1.807, 2.05) is 24.3 Å². The third kappa shape index (κ3) is 1.63. The van der Waals surface area contributed by atoms with Crippen molar-refractivity contribution in [3.63, 3.8) is 0 Å². The van der Waals surface area contributed by atoms with Crippen molar-refractivity contribution < 1.29 is 9.84 Å². The lowest BCUT2D eigenvalue weighted by molar-refractivity contribution is 0.0109. The molecule has 2 nitrogen and oxygen atoms in total. The van der Waals surface area contributed by atoms with Gasteiger partial charge in [0.25, 0.3) is 0 Å². The van der Waals surface area contributed by atoms with Gasteiger partial charge in [-0.15, -0.1) is 0 Å². The van der Waals surface area contributed by atoms with Gasteiger partial charge >= 0.3 is 0 Å². The van der Waals surface area contributed by atoms with E-state index in [0.717, 1.165) is 25.0 Å². The van der Waals surface area contributed by atoms with Crippen molar-refractivity contribution in [2.24, 2.45) is 11.8 Å². The molecule has 2 radical (unpaired) electrons. The van der Waals surface area contributed by atoms with Crippen LogP contribution in [0.25, 0.3) is 0 Å². The molecule has 3 rings (SSSR count). The second-order valence-electron chi connectivity index (χ2n) is 4.66. The lowest BCUT2D eigenvalue weighted by atomic mass is 9.95. The molecule has 2 aliphatic carbocycles. The van der Waals surface area contributed by atoms with Gasteiger partial charge in [0.2, 0.25) is 0 Å². The first kappa shape index (κ1) is 9.22. The summed E-state index contributed by atoms with van der Waals surface area (Å²) in [4.78, 5) is 0. The van der Waals surface area contributed by atoms with Gasteiger partial charge in [0.05, 0.1) is 6.10 Å². The molecular weight excluding hydrogens is 188 g/mol. The molecule has 2 fully saturated rings. The van der Waals surface area contributed by atoms with Crippen molar-refractivity contribution >= 4 is 0 Å². The molecular formula is C13H14O2. The van der Waals surface area contributed by atoms with Crippen molar-refractivity contribution in [2.75, 3.05) is 0 Å². The van der Waals surface area contributed by atoms with Crippen LogP contribution >= 0.6 is 0 Å². The highest BCUT2D eigenvalue weighted by Gasteiger charge is 2.47. The zero-order chi connectivity index (χ0) is 10.3. The van der Waals surface area contributed by atoms with E-state index in [1.165, 1.54) is 0 Å². The van der Waals surface area contributed by atoms with Crippen molar-refractivity contribution in [3.8, 4) is 5.75 Å². The van der Waals surface area contributed by atoms with Crippen molar-refractivity contribution in [3.05, 3.63) is 30.3 Å². The Kier molecular flexibility index (Phi) is 2.17. The highest BCUT2D eigenvalue weighted by molar-refractivity contribution is 5.21. The predicted octanol–water partition coefficient (Wildman–Crippen LogP) is 2.46. The van der Waals surface area contributed by atoms with Crippen LogP contribution in [0.4, 0.5) is 0 Å². The summed E-state index contributed by atoms with van der Waals surface area (Å²) in [6, 6.07) is 10.6. The summed E-state index contributed by atoms with van der Waals surface area (Å²) in [7, 11) is 0. The van der Waals surface area contributed by atoms with E-state index in [0.29, 0.717) is 11.8 Å². The van der Waals surface area contributed by atoms with E-state index < -0.39 is 0 Å². The van der Waals surface area contributed by atoms with E-state index in [1.54, 1.807) is 0 Å². The average molecular weight is 202 g/mol. The van der Waals surface area contributed by atoms with Crippen LogP contribution in [-0.4, -0.2) is 12.2 Å². The first-order chi connectivity index (χ1) is 7.33. The molecule has 4 atom stereocenters. The molecule has 0 amide bonds. The number of ether oxygens (including phenoxy) is 1. The summed E-state index contributed by atoms with van der Waals surface area (Å²) in [6.07, 6.45) is 2.79. The standard InChI is InChI=1S/C13H14O2/c14-12-7-10-6-9(12)8-13(10)15-11-4-2-1-3-5-11/h1-2,4-5,9-10,12-13H,6-8H2. The molecule has 15 heavy (non-hydrogen) atoms. The number of hydrogen-bond acceptors (Lipinski definition) is 1. The van der Waals surface area contributed by atoms with Crippen LogP contribution in [0.2, 0.25) is 0 Å². The third-order valence-electron chi connectivity index (χ3n) is 3.69. The lowest BCUT2D eigenvalue weighted by Gasteiger charge is -2.24. The number of hydrogen-bond donors (Lipinski definition) is 0. The molecule has 0 N–H and O–H groups in total. The quantitative estimate of drug-likeness (QED) is 0.724. The molecule has 78 valence electrons. The van der Waals surface area contributed by atoms with E-state index in [4.69, 9.17) is 4.74 Å². The minimum Gasteiger partial charge on any atom is -0.490 e. The van der Waals surface area contributed by atoms with Gasteiger partial charge in [-0.25, -0.2) is 5.11 Å². The SMILES string of the molecule is [O]C1CC2CC1CC2Oc1c[c]ccc1. The molecule has 0 spiro atoms. The number of fused-ring (bicyclic) bond motifs is 2. The van der Waals surface area contributed by atoms with Gasteiger partial charge in [-0.2, -0.15) is 0 Å². The number of rotatable bonds is 2. The van der Waals surface area contributed by atoms with Crippen LogP contribution in [0.1, 0.15) is 19.3 Å². The maximum atomic E-state index is 11.5. The minimum absolute atomic E-state index is 0.274. The second kappa shape index (κ2) is 3.53. The normalized spacial score (nSPS) is 38.2. The van der Waals surface area contributed by atoms with Crippen molar-refractivity contribution in [2.45, 2.75) is 31.5 Å². The van der Waals surface area contributed by atoms with Crippen LogP contribution < -0.4 is 4.74 Å². The summed E-state index contributed by atoms with van der Waals surface area (Å²) in [5.41, 5.74) is 0. The van der Waals surface area contributed by atoms with Crippen LogP contribution in [0.15, 0.2) is 24.3 Å². The van der Waals surface area contributed by atoms with Crippen LogP contribution in [0.5, 0.6) is 5.75 Å². The Bertz CT molecular complexity index is 334. The topological polar surface area (TPSA) is 29.1 Å². The average Bonchev–Trinajstić information content (AvgIpc) is 2.78. The van der Waals surface area contributed by atoms with Crippen molar-refractivity contribution in [1.29, 1.82) is 0 Å². The molecule has 1 aromatic carbocycles. The first-order valence-corrected chi connectivity index (χ1v) is 5.61. The fourth-order valence-corrected chi connectivity index (χ4v) is 2.94.